The molecule has 3 aromatic rings. The zero-order chi connectivity index (χ0) is 18.5. The molecule has 2 amide bonds. The number of nitrogens with one attached hydrogen (secondary N) is 1. The zero-order valence-corrected chi connectivity index (χ0v) is 15.4. The summed E-state index contributed by atoms with van der Waals surface area (Å²) in [5.41, 5.74) is 2.52. The van der Waals surface area contributed by atoms with E-state index >= 15 is 0 Å². The van der Waals surface area contributed by atoms with Crippen molar-refractivity contribution in [1.29, 1.82) is 0 Å². The predicted molar refractivity (Wildman–Crippen MR) is 97.7 cm³/mol. The molecule has 0 spiro atoms. The first kappa shape index (κ1) is 17.8. The molecular weight excluding hydrogens is 332 g/mol. The number of carbonyl (C=O) groups is 1. The van der Waals surface area contributed by atoms with Crippen molar-refractivity contribution in [3.63, 3.8) is 0 Å². The Kier molecular flexibility index (Phi) is 5.46. The second kappa shape index (κ2) is 7.95. The molecule has 0 aliphatic carbocycles. The number of urea groups is 1. The molecule has 1 N–H and O–H groups in total. The molecule has 3 heterocycles. The van der Waals surface area contributed by atoms with E-state index in [9.17, 15) is 4.79 Å². The van der Waals surface area contributed by atoms with Crippen LogP contribution in [-0.2, 0) is 19.6 Å². The summed E-state index contributed by atoms with van der Waals surface area (Å²) >= 11 is 0. The number of aryl methyl sites for hydroxylation is 2. The fourth-order valence-corrected chi connectivity index (χ4v) is 2.87. The third kappa shape index (κ3) is 3.99. The van der Waals surface area contributed by atoms with E-state index in [-0.39, 0.29) is 6.03 Å². The van der Waals surface area contributed by atoms with Crippen LogP contribution in [0.1, 0.15) is 36.3 Å². The molecule has 0 aromatic carbocycles. The fourth-order valence-electron chi connectivity index (χ4n) is 2.87. The number of nitrogens with zero attached hydrogens (tertiary/aromatic N) is 3. The Morgan fingerprint density at radius 2 is 1.77 bits per heavy atom. The van der Waals surface area contributed by atoms with Crippen molar-refractivity contribution in [2.24, 2.45) is 0 Å². The van der Waals surface area contributed by atoms with Crippen LogP contribution in [0.4, 0.5) is 10.5 Å². The van der Waals surface area contributed by atoms with Gasteiger partial charge in [0.05, 0.1) is 42.7 Å². The average Bonchev–Trinajstić information content (AvgIpc) is 3.35. The van der Waals surface area contributed by atoms with Crippen molar-refractivity contribution < 1.29 is 13.6 Å². The van der Waals surface area contributed by atoms with Gasteiger partial charge in [0.1, 0.15) is 11.5 Å². The highest BCUT2D eigenvalue weighted by molar-refractivity contribution is 5.90. The van der Waals surface area contributed by atoms with Gasteiger partial charge in [-0.15, -0.1) is 0 Å². The maximum Gasteiger partial charge on any atom is 0.322 e. The molecule has 0 bridgehead atoms. The van der Waals surface area contributed by atoms with Gasteiger partial charge < -0.3 is 19.1 Å². The van der Waals surface area contributed by atoms with Crippen LogP contribution >= 0.6 is 0 Å². The molecule has 3 rings (SSSR count). The van der Waals surface area contributed by atoms with E-state index in [0.717, 1.165) is 30.0 Å². The van der Waals surface area contributed by atoms with E-state index in [1.807, 2.05) is 30.7 Å². The Morgan fingerprint density at radius 1 is 1.15 bits per heavy atom. The highest BCUT2D eigenvalue weighted by atomic mass is 16.3. The first-order valence-electron chi connectivity index (χ1n) is 8.73. The summed E-state index contributed by atoms with van der Waals surface area (Å²) in [5, 5.41) is 7.51. The standard InChI is InChI=1S/C19H24N4O3/c1-4-9-23-15(3)18(14(2)21-23)20-19(24)22(12-16-7-5-10-25-16)13-17-8-6-11-26-17/h5-8,10-11H,4,9,12-13H2,1-3H3,(H,20,24). The number of aromatic nitrogens is 2. The Hall–Kier alpha value is -2.96. The Labute approximate surface area is 152 Å². The molecule has 0 saturated heterocycles. The first-order valence-corrected chi connectivity index (χ1v) is 8.73. The minimum absolute atomic E-state index is 0.222. The van der Waals surface area contributed by atoms with E-state index in [0.29, 0.717) is 24.6 Å². The van der Waals surface area contributed by atoms with Gasteiger partial charge in [0.25, 0.3) is 0 Å². The lowest BCUT2D eigenvalue weighted by Gasteiger charge is -2.21. The van der Waals surface area contributed by atoms with Crippen LogP contribution in [0.3, 0.4) is 0 Å². The fraction of sp³-hybridized carbons (Fsp3) is 0.368. The summed E-state index contributed by atoms with van der Waals surface area (Å²) in [5.74, 6) is 1.42. The summed E-state index contributed by atoms with van der Waals surface area (Å²) in [7, 11) is 0. The second-order valence-corrected chi connectivity index (χ2v) is 6.21. The maximum absolute atomic E-state index is 12.9. The van der Waals surface area contributed by atoms with Crippen molar-refractivity contribution in [2.45, 2.75) is 46.8 Å². The van der Waals surface area contributed by atoms with Crippen LogP contribution in [-0.4, -0.2) is 20.7 Å². The van der Waals surface area contributed by atoms with E-state index in [4.69, 9.17) is 8.83 Å². The molecule has 0 fully saturated rings. The topological polar surface area (TPSA) is 76.4 Å². The third-order valence-electron chi connectivity index (χ3n) is 4.19. The van der Waals surface area contributed by atoms with E-state index in [1.54, 1.807) is 29.6 Å². The second-order valence-electron chi connectivity index (χ2n) is 6.21. The van der Waals surface area contributed by atoms with Crippen LogP contribution in [0.5, 0.6) is 0 Å². The van der Waals surface area contributed by atoms with Gasteiger partial charge in [0.2, 0.25) is 0 Å². The highest BCUT2D eigenvalue weighted by Gasteiger charge is 2.20. The van der Waals surface area contributed by atoms with Crippen LogP contribution in [0.25, 0.3) is 0 Å². The number of anilines is 1. The molecule has 7 heteroatoms. The van der Waals surface area contributed by atoms with Crippen molar-refractivity contribution in [2.75, 3.05) is 5.32 Å². The number of amides is 2. The molecular formula is C19H24N4O3. The van der Waals surface area contributed by atoms with Crippen molar-refractivity contribution >= 4 is 11.7 Å². The minimum atomic E-state index is -0.222. The van der Waals surface area contributed by atoms with Crippen LogP contribution in [0.15, 0.2) is 45.6 Å². The Bertz CT molecular complexity index is 798. The summed E-state index contributed by atoms with van der Waals surface area (Å²) in [6, 6.07) is 7.08. The molecule has 0 aliphatic heterocycles. The largest absolute Gasteiger partial charge is 0.467 e. The van der Waals surface area contributed by atoms with Gasteiger partial charge in [0, 0.05) is 6.54 Å². The smallest absolute Gasteiger partial charge is 0.322 e. The molecule has 0 atom stereocenters. The molecule has 3 aromatic heterocycles. The molecule has 0 radical (unpaired) electrons. The quantitative estimate of drug-likeness (QED) is 0.683. The van der Waals surface area contributed by atoms with Gasteiger partial charge in [0.15, 0.2) is 0 Å². The number of carbonyl (C=O) groups excluding carboxylic acids is 1. The monoisotopic (exact) mass is 356 g/mol. The highest BCUT2D eigenvalue weighted by Crippen LogP contribution is 2.21. The van der Waals surface area contributed by atoms with E-state index in [2.05, 4.69) is 17.3 Å². The van der Waals surface area contributed by atoms with E-state index < -0.39 is 0 Å². The van der Waals surface area contributed by atoms with Gasteiger partial charge in [-0.2, -0.15) is 5.10 Å². The van der Waals surface area contributed by atoms with Crippen LogP contribution in [0, 0.1) is 13.8 Å². The average molecular weight is 356 g/mol. The number of rotatable bonds is 7. The van der Waals surface area contributed by atoms with Gasteiger partial charge in [-0.05, 0) is 44.5 Å². The van der Waals surface area contributed by atoms with Crippen molar-refractivity contribution in [1.82, 2.24) is 14.7 Å². The summed E-state index contributed by atoms with van der Waals surface area (Å²) in [6.45, 7) is 7.49. The van der Waals surface area contributed by atoms with Gasteiger partial charge in [-0.3, -0.25) is 4.68 Å². The van der Waals surface area contributed by atoms with Crippen molar-refractivity contribution in [3.05, 3.63) is 59.7 Å². The molecule has 138 valence electrons. The number of furan rings is 2. The lowest BCUT2D eigenvalue weighted by Crippen LogP contribution is -2.34. The predicted octanol–water partition coefficient (Wildman–Crippen LogP) is 4.33. The van der Waals surface area contributed by atoms with Crippen LogP contribution < -0.4 is 5.32 Å². The molecule has 0 saturated carbocycles. The normalized spacial score (nSPS) is 10.9. The lowest BCUT2D eigenvalue weighted by atomic mass is 10.3. The van der Waals surface area contributed by atoms with Crippen molar-refractivity contribution in [3.8, 4) is 0 Å². The lowest BCUT2D eigenvalue weighted by molar-refractivity contribution is 0.195. The molecule has 26 heavy (non-hydrogen) atoms. The van der Waals surface area contributed by atoms with Gasteiger partial charge in [-0.25, -0.2) is 4.79 Å². The third-order valence-corrected chi connectivity index (χ3v) is 4.19. The zero-order valence-electron chi connectivity index (χ0n) is 15.4. The van der Waals surface area contributed by atoms with Gasteiger partial charge >= 0.3 is 6.03 Å². The van der Waals surface area contributed by atoms with E-state index in [1.165, 1.54) is 0 Å². The van der Waals surface area contributed by atoms with Crippen LogP contribution in [0.2, 0.25) is 0 Å². The molecule has 0 unspecified atom stereocenters. The molecule has 7 nitrogen and oxygen atoms in total. The first-order chi connectivity index (χ1) is 12.6. The maximum atomic E-state index is 12.9. The number of hydrogen-bond donors (Lipinski definition) is 1. The minimum Gasteiger partial charge on any atom is -0.467 e. The Morgan fingerprint density at radius 3 is 2.27 bits per heavy atom. The summed E-state index contributed by atoms with van der Waals surface area (Å²) in [4.78, 5) is 14.6. The SMILES string of the molecule is CCCn1nc(C)c(NC(=O)N(Cc2ccco2)Cc2ccco2)c1C. The number of hydrogen-bond acceptors (Lipinski definition) is 4. The Balaban J connectivity index is 1.78. The summed E-state index contributed by atoms with van der Waals surface area (Å²) < 4.78 is 12.7. The molecule has 0 aliphatic rings. The summed E-state index contributed by atoms with van der Waals surface area (Å²) in [6.07, 6.45) is 4.18. The van der Waals surface area contributed by atoms with Gasteiger partial charge in [-0.1, -0.05) is 6.92 Å².